The predicted molar refractivity (Wildman–Crippen MR) is 130 cm³/mol. The molecular formula is C25H36F5N5O. The Bertz CT molecular complexity index is 991. The molecule has 0 aromatic carbocycles. The average molecular weight is 518 g/mol. The van der Waals surface area contributed by atoms with Crippen LogP contribution in [0.1, 0.15) is 40.5 Å². The van der Waals surface area contributed by atoms with E-state index in [2.05, 4.69) is 10.6 Å². The Morgan fingerprint density at radius 3 is 2.22 bits per heavy atom. The normalized spacial score (nSPS) is 22.6. The molecule has 3 aliphatic heterocycles. The van der Waals surface area contributed by atoms with Crippen LogP contribution in [0.3, 0.4) is 0 Å². The zero-order chi connectivity index (χ0) is 27.4. The summed E-state index contributed by atoms with van der Waals surface area (Å²) < 4.78 is 69.9. The smallest absolute Gasteiger partial charge is 0.384 e. The summed E-state index contributed by atoms with van der Waals surface area (Å²) in [6, 6.07) is -1.04. The van der Waals surface area contributed by atoms with Crippen molar-refractivity contribution in [2.75, 3.05) is 34.2 Å². The third kappa shape index (κ3) is 6.29. The van der Waals surface area contributed by atoms with Crippen molar-refractivity contribution in [3.63, 3.8) is 0 Å². The molecule has 0 aromatic rings. The van der Waals surface area contributed by atoms with Gasteiger partial charge in [-0.2, -0.15) is 13.2 Å². The van der Waals surface area contributed by atoms with E-state index in [0.717, 1.165) is 25.1 Å². The van der Waals surface area contributed by atoms with Gasteiger partial charge in [0.2, 0.25) is 5.91 Å². The number of hydrogen-bond donors (Lipinski definition) is 2. The zero-order valence-electron chi connectivity index (χ0n) is 21.9. The van der Waals surface area contributed by atoms with Gasteiger partial charge in [-0.3, -0.25) is 4.79 Å². The molecule has 1 unspecified atom stereocenters. The van der Waals surface area contributed by atoms with E-state index < -0.39 is 41.0 Å². The highest BCUT2D eigenvalue weighted by atomic mass is 19.4. The van der Waals surface area contributed by atoms with Gasteiger partial charge < -0.3 is 20.5 Å². The highest BCUT2D eigenvalue weighted by Crippen LogP contribution is 2.42. The summed E-state index contributed by atoms with van der Waals surface area (Å²) in [5.74, 6) is -2.39. The summed E-state index contributed by atoms with van der Waals surface area (Å²) in [6.07, 6.45) is 0.747. The van der Waals surface area contributed by atoms with E-state index in [0.29, 0.717) is 5.70 Å². The van der Waals surface area contributed by atoms with E-state index in [4.69, 9.17) is 0 Å². The van der Waals surface area contributed by atoms with Crippen LogP contribution in [0, 0.1) is 5.92 Å². The molecule has 0 saturated heterocycles. The molecule has 0 radical (unpaired) electrons. The summed E-state index contributed by atoms with van der Waals surface area (Å²) >= 11 is 0. The number of hydrazine groups is 1. The van der Waals surface area contributed by atoms with E-state index >= 15 is 0 Å². The number of nitrogens with zero attached hydrogens (tertiary/aromatic N) is 3. The van der Waals surface area contributed by atoms with Gasteiger partial charge in [0, 0.05) is 45.2 Å². The van der Waals surface area contributed by atoms with Gasteiger partial charge in [-0.25, -0.2) is 13.8 Å². The maximum absolute atomic E-state index is 14.2. The first-order valence-electron chi connectivity index (χ1n) is 12.2. The number of rotatable bonds is 4. The molecule has 0 aromatic heterocycles. The Kier molecular flexibility index (Phi) is 9.76. The minimum atomic E-state index is -4.56. The minimum Gasteiger partial charge on any atom is -0.384 e. The lowest BCUT2D eigenvalue weighted by Gasteiger charge is -2.32. The highest BCUT2D eigenvalue weighted by Gasteiger charge is 2.42. The standard InChI is InChI=1S/C21H24F5N5O.2C2H6/c1-29-9-14(22)19(15(23)10-29)28-20(32)18-7-17(30(2)31(18)3)12-8-27-16(11-4-5-11)6-13(12)21(24,25)26;2*1-2/h6-7,9,11,18,27H,4-5,8,10H2,1-3H3,(H,28,32);2*1-2H3. The largest absolute Gasteiger partial charge is 0.416 e. The molecule has 2 N–H and O–H groups in total. The average Bonchev–Trinajstić information content (AvgIpc) is 3.64. The summed E-state index contributed by atoms with van der Waals surface area (Å²) in [5.41, 5.74) is -0.493. The molecule has 36 heavy (non-hydrogen) atoms. The number of halogens is 5. The van der Waals surface area contributed by atoms with Crippen molar-refractivity contribution in [2.45, 2.75) is 52.8 Å². The quantitative estimate of drug-likeness (QED) is 0.520. The first-order valence-corrected chi connectivity index (χ1v) is 12.2. The maximum atomic E-state index is 14.2. The van der Waals surface area contributed by atoms with Gasteiger partial charge in [0.05, 0.1) is 17.8 Å². The van der Waals surface area contributed by atoms with Crippen molar-refractivity contribution >= 4 is 5.91 Å². The molecule has 1 saturated carbocycles. The fourth-order valence-electron chi connectivity index (χ4n) is 4.04. The maximum Gasteiger partial charge on any atom is 0.416 e. The van der Waals surface area contributed by atoms with Gasteiger partial charge in [-0.15, -0.1) is 0 Å². The second-order valence-electron chi connectivity index (χ2n) is 8.37. The second kappa shape index (κ2) is 11.9. The fraction of sp³-hybridized carbons (Fsp3) is 0.560. The van der Waals surface area contributed by atoms with Crippen LogP contribution in [0.2, 0.25) is 0 Å². The van der Waals surface area contributed by atoms with Gasteiger partial charge >= 0.3 is 6.18 Å². The van der Waals surface area contributed by atoms with Crippen molar-refractivity contribution in [3.05, 3.63) is 58.2 Å². The number of nitrogens with one attached hydrogen (secondary N) is 2. The van der Waals surface area contributed by atoms with Crippen LogP contribution >= 0.6 is 0 Å². The lowest BCUT2D eigenvalue weighted by molar-refractivity contribution is -0.126. The first-order chi connectivity index (χ1) is 17.0. The SMILES string of the molecule is CC.CC.CN1C=C(F)C(NC(=O)C2C=C(C3=C(C(F)(F)F)C=C(C4CC4)NC3)N(C)N2C)=C(F)C1. The van der Waals surface area contributed by atoms with Gasteiger partial charge in [0.15, 0.2) is 5.83 Å². The molecule has 4 rings (SSSR count). The molecule has 1 atom stereocenters. The molecule has 6 nitrogen and oxygen atoms in total. The summed E-state index contributed by atoms with van der Waals surface area (Å²) in [5, 5.41) is 8.17. The van der Waals surface area contributed by atoms with Crippen LogP contribution in [0.25, 0.3) is 0 Å². The van der Waals surface area contributed by atoms with Crippen LogP contribution < -0.4 is 10.6 Å². The lowest BCUT2D eigenvalue weighted by Crippen LogP contribution is -2.46. The number of allylic oxidation sites excluding steroid dienone is 4. The molecule has 1 amide bonds. The molecule has 0 spiro atoms. The molecular weight excluding hydrogens is 481 g/mol. The van der Waals surface area contributed by atoms with Crippen LogP contribution in [0.4, 0.5) is 22.0 Å². The van der Waals surface area contributed by atoms with Gasteiger partial charge in [0.25, 0.3) is 0 Å². The van der Waals surface area contributed by atoms with Gasteiger partial charge in [0.1, 0.15) is 17.6 Å². The molecule has 4 aliphatic rings. The summed E-state index contributed by atoms with van der Waals surface area (Å²) in [6.45, 7) is 7.77. The number of amides is 1. The number of dihydropyridines is 1. The van der Waals surface area contributed by atoms with Crippen LogP contribution in [-0.2, 0) is 4.79 Å². The molecule has 202 valence electrons. The van der Waals surface area contributed by atoms with Crippen LogP contribution in [-0.4, -0.2) is 67.3 Å². The van der Waals surface area contributed by atoms with Crippen molar-refractivity contribution in [2.24, 2.45) is 5.92 Å². The van der Waals surface area contributed by atoms with Crippen LogP contribution in [0.5, 0.6) is 0 Å². The predicted octanol–water partition coefficient (Wildman–Crippen LogP) is 4.89. The number of carbonyl (C=O) groups excluding carboxylic acids is 1. The first kappa shape index (κ1) is 29.4. The van der Waals surface area contributed by atoms with E-state index in [-0.39, 0.29) is 30.3 Å². The Balaban J connectivity index is 0.00000109. The van der Waals surface area contributed by atoms with E-state index in [9.17, 15) is 26.7 Å². The van der Waals surface area contributed by atoms with Gasteiger partial charge in [-0.05, 0) is 30.9 Å². The molecule has 3 heterocycles. The Morgan fingerprint density at radius 1 is 1.08 bits per heavy atom. The second-order valence-corrected chi connectivity index (χ2v) is 8.37. The Morgan fingerprint density at radius 2 is 1.69 bits per heavy atom. The number of carbonyl (C=O) groups is 1. The molecule has 1 fully saturated rings. The number of hydrogen-bond acceptors (Lipinski definition) is 5. The third-order valence-corrected chi connectivity index (χ3v) is 6.02. The molecule has 1 aliphatic carbocycles. The Labute approximate surface area is 209 Å². The number of alkyl halides is 3. The third-order valence-electron chi connectivity index (χ3n) is 6.02. The van der Waals surface area contributed by atoms with Crippen LogP contribution in [0.15, 0.2) is 58.2 Å². The zero-order valence-corrected chi connectivity index (χ0v) is 21.9. The Hall–Kier alpha value is -2.82. The number of likely N-dealkylation sites (N-methyl/N-ethyl adjacent to an activating group) is 3. The lowest BCUT2D eigenvalue weighted by atomic mass is 9.97. The minimum absolute atomic E-state index is 0.0160. The fourth-order valence-corrected chi connectivity index (χ4v) is 4.04. The monoisotopic (exact) mass is 517 g/mol. The highest BCUT2D eigenvalue weighted by molar-refractivity contribution is 5.86. The van der Waals surface area contributed by atoms with Gasteiger partial charge in [-0.1, -0.05) is 27.7 Å². The summed E-state index contributed by atoms with van der Waals surface area (Å²) in [7, 11) is 4.55. The molecule has 11 heteroatoms. The molecule has 0 bridgehead atoms. The van der Waals surface area contributed by atoms with Crippen molar-refractivity contribution < 1.29 is 26.7 Å². The van der Waals surface area contributed by atoms with Crippen molar-refractivity contribution in [1.29, 1.82) is 0 Å². The van der Waals surface area contributed by atoms with Crippen molar-refractivity contribution in [3.8, 4) is 0 Å². The van der Waals surface area contributed by atoms with E-state index in [1.807, 2.05) is 27.7 Å². The van der Waals surface area contributed by atoms with E-state index in [1.165, 1.54) is 42.1 Å². The van der Waals surface area contributed by atoms with E-state index in [1.54, 1.807) is 0 Å². The summed E-state index contributed by atoms with van der Waals surface area (Å²) in [4.78, 5) is 14.1. The topological polar surface area (TPSA) is 50.9 Å². The van der Waals surface area contributed by atoms with Crippen molar-refractivity contribution in [1.82, 2.24) is 25.6 Å².